The van der Waals surface area contributed by atoms with E-state index in [9.17, 15) is 0 Å². The Morgan fingerprint density at radius 2 is 0.656 bits per heavy atom. The molecule has 0 nitrogen and oxygen atoms in total. The fourth-order valence-electron chi connectivity index (χ4n) is 3.63. The molecule has 0 amide bonds. The van der Waals surface area contributed by atoms with Gasteiger partial charge in [-0.05, 0) is 55.8 Å². The topological polar surface area (TPSA) is 0 Å². The second kappa shape index (κ2) is 15.2. The van der Waals surface area contributed by atoms with Crippen molar-refractivity contribution >= 4 is 65.4 Å². The first-order chi connectivity index (χ1) is 15.8. The zero-order valence-corrected chi connectivity index (χ0v) is 23.7. The van der Waals surface area contributed by atoms with Gasteiger partial charge in [0.1, 0.15) is 0 Å². The van der Waals surface area contributed by atoms with Gasteiger partial charge in [-0.2, -0.15) is 0 Å². The summed E-state index contributed by atoms with van der Waals surface area (Å²) in [7, 11) is -0.618. The van der Waals surface area contributed by atoms with Crippen LogP contribution in [0.4, 0.5) is 0 Å². The molecule has 32 heavy (non-hydrogen) atoms. The normalized spacial score (nSPS) is 10.8. The van der Waals surface area contributed by atoms with Gasteiger partial charge in [0.15, 0.2) is 0 Å². The van der Waals surface area contributed by atoms with E-state index in [1.54, 1.807) is 0 Å². The third-order valence-corrected chi connectivity index (χ3v) is 10.2. The Morgan fingerprint density at radius 3 is 0.875 bits per heavy atom. The largest absolute Gasteiger partial charge is 0.0622 e. The fraction of sp³-hybridized carbons (Fsp3) is 0.111. The van der Waals surface area contributed by atoms with Gasteiger partial charge in [-0.3, -0.25) is 0 Å². The van der Waals surface area contributed by atoms with Crippen LogP contribution in [0.15, 0.2) is 121 Å². The van der Waals surface area contributed by atoms with Crippen molar-refractivity contribution in [2.45, 2.75) is 6.42 Å². The van der Waals surface area contributed by atoms with Crippen LogP contribution >= 0.6 is 44.2 Å². The van der Waals surface area contributed by atoms with E-state index in [-0.39, 0.29) is 15.8 Å². The van der Waals surface area contributed by atoms with Crippen LogP contribution in [0, 0.1) is 0 Å². The first-order valence-corrected chi connectivity index (χ1v) is 18.6. The van der Waals surface area contributed by atoms with E-state index in [0.717, 1.165) is 11.1 Å². The van der Waals surface area contributed by atoms with Crippen LogP contribution in [-0.4, -0.2) is 12.3 Å². The number of hydrogen-bond donors (Lipinski definition) is 0. The smallest absolute Gasteiger partial charge is 0.0195 e. The van der Waals surface area contributed by atoms with Crippen molar-refractivity contribution in [3.8, 4) is 0 Å². The molecule has 4 aromatic carbocycles. The van der Waals surface area contributed by atoms with E-state index in [4.69, 9.17) is 0 Å². The summed E-state index contributed by atoms with van der Waals surface area (Å²) < 4.78 is 0. The second-order valence-electron chi connectivity index (χ2n) is 7.05. The molecule has 0 heterocycles. The van der Waals surface area contributed by atoms with Crippen LogP contribution in [0.3, 0.4) is 0 Å². The van der Waals surface area contributed by atoms with E-state index < -0.39 is 0 Å². The molecule has 0 spiro atoms. The molecule has 0 unspecified atom stereocenters. The minimum absolute atomic E-state index is 0.309. The maximum atomic E-state index is 3.03. The average molecular weight is 631 g/mol. The third-order valence-electron chi connectivity index (χ3n) is 5.03. The standard InChI is InChI=1S/C27H26P2.2BrH.Co/c1-5-14-24(15-6-1)28(25-16-7-2-8-17-25)22-13-23-29(26-18-9-3-10-19-26)27-20-11-4-12-21-27;;;/h1-12,14-21H,13,22-23H2;2*1H;/q;;;+2/p-2. The van der Waals surface area contributed by atoms with Gasteiger partial charge in [-0.1, -0.05) is 121 Å². The Labute approximate surface area is 215 Å². The van der Waals surface area contributed by atoms with E-state index in [2.05, 4.69) is 150 Å². The van der Waals surface area contributed by atoms with Crippen molar-refractivity contribution in [2.24, 2.45) is 0 Å². The average Bonchev–Trinajstić information content (AvgIpc) is 2.87. The fourth-order valence-corrected chi connectivity index (χ4v) is 8.59. The minimum atomic E-state index is -0.309. The van der Waals surface area contributed by atoms with Crippen molar-refractivity contribution in [1.82, 2.24) is 0 Å². The Balaban J connectivity index is 0.000000913. The zero-order valence-electron chi connectivity index (χ0n) is 17.7. The number of rotatable bonds is 8. The monoisotopic (exact) mass is 629 g/mol. The first kappa shape index (κ1) is 25.8. The van der Waals surface area contributed by atoms with Crippen molar-refractivity contribution < 1.29 is 11.1 Å². The summed E-state index contributed by atoms with van der Waals surface area (Å²) in [6.45, 7) is 0. The summed E-state index contributed by atoms with van der Waals surface area (Å²) >= 11 is 7.12. The minimum Gasteiger partial charge on any atom is -0.0622 e. The number of benzene rings is 4. The Hall–Kier alpha value is -0.794. The summed E-state index contributed by atoms with van der Waals surface area (Å²) in [5.74, 6) is 0. The Morgan fingerprint density at radius 1 is 0.438 bits per heavy atom. The van der Waals surface area contributed by atoms with E-state index in [1.807, 2.05) is 0 Å². The molecule has 0 saturated carbocycles. The summed E-state index contributed by atoms with van der Waals surface area (Å²) in [6, 6.07) is 44.3. The SMILES string of the molecule is [Br][Co][Br].c1ccc(P(CCCP(c2ccccc2)c2ccccc2)c2ccccc2)cc1. The van der Waals surface area contributed by atoms with Crippen LogP contribution in [-0.2, 0) is 11.1 Å². The van der Waals surface area contributed by atoms with Crippen molar-refractivity contribution in [2.75, 3.05) is 12.3 Å². The summed E-state index contributed by atoms with van der Waals surface area (Å²) in [5, 5.41) is 5.94. The molecule has 0 saturated heterocycles. The van der Waals surface area contributed by atoms with Gasteiger partial charge in [-0.25, -0.2) is 0 Å². The molecule has 0 fully saturated rings. The van der Waals surface area contributed by atoms with Gasteiger partial charge in [0.2, 0.25) is 0 Å². The van der Waals surface area contributed by atoms with E-state index in [1.165, 1.54) is 40.0 Å². The molecule has 0 aliphatic rings. The molecule has 0 aromatic heterocycles. The first-order valence-electron chi connectivity index (χ1n) is 10.4. The van der Waals surface area contributed by atoms with Crippen LogP contribution < -0.4 is 21.2 Å². The molecule has 0 aliphatic carbocycles. The molecular formula is C27H26Br2CoP2. The molecule has 0 aliphatic heterocycles. The molecule has 167 valence electrons. The molecule has 4 rings (SSSR count). The molecule has 5 heteroatoms. The molecular weight excluding hydrogens is 605 g/mol. The zero-order chi connectivity index (χ0) is 22.4. The Kier molecular flexibility index (Phi) is 12.2. The molecule has 0 atom stereocenters. The van der Waals surface area contributed by atoms with Crippen molar-refractivity contribution in [3.63, 3.8) is 0 Å². The molecule has 0 bridgehead atoms. The van der Waals surface area contributed by atoms with Gasteiger partial charge in [0.25, 0.3) is 0 Å². The molecule has 0 N–H and O–H groups in total. The van der Waals surface area contributed by atoms with Crippen LogP contribution in [0.5, 0.6) is 0 Å². The summed E-state index contributed by atoms with van der Waals surface area (Å²) in [5.41, 5.74) is 0. The summed E-state index contributed by atoms with van der Waals surface area (Å²) in [6.07, 6.45) is 3.72. The maximum absolute atomic E-state index is 3.03. The number of halogens is 2. The predicted octanol–water partition coefficient (Wildman–Crippen LogP) is 7.33. The molecule has 4 aromatic rings. The Bertz CT molecular complexity index is 841. The third kappa shape index (κ3) is 8.21. The maximum Gasteiger partial charge on any atom is -0.0195 e. The van der Waals surface area contributed by atoms with Gasteiger partial charge < -0.3 is 0 Å². The predicted molar refractivity (Wildman–Crippen MR) is 150 cm³/mol. The quantitative estimate of drug-likeness (QED) is 0.179. The van der Waals surface area contributed by atoms with Crippen molar-refractivity contribution in [3.05, 3.63) is 121 Å². The van der Waals surface area contributed by atoms with Crippen LogP contribution in [0.2, 0.25) is 0 Å². The van der Waals surface area contributed by atoms with E-state index in [0.29, 0.717) is 0 Å². The van der Waals surface area contributed by atoms with Gasteiger partial charge >= 0.3 is 39.5 Å². The summed E-state index contributed by atoms with van der Waals surface area (Å²) in [4.78, 5) is 0. The van der Waals surface area contributed by atoms with Crippen LogP contribution in [0.1, 0.15) is 6.42 Å². The van der Waals surface area contributed by atoms with E-state index >= 15 is 0 Å². The van der Waals surface area contributed by atoms with Crippen molar-refractivity contribution in [1.29, 1.82) is 0 Å². The van der Waals surface area contributed by atoms with Crippen LogP contribution in [0.25, 0.3) is 0 Å². The number of hydrogen-bond acceptors (Lipinski definition) is 0. The second-order valence-corrected chi connectivity index (χ2v) is 17.0. The van der Waals surface area contributed by atoms with Gasteiger partial charge in [0, 0.05) is 0 Å². The molecule has 0 radical (unpaired) electrons. The van der Waals surface area contributed by atoms with Gasteiger partial charge in [-0.15, -0.1) is 0 Å². The van der Waals surface area contributed by atoms with Gasteiger partial charge in [0.05, 0.1) is 0 Å².